The van der Waals surface area contributed by atoms with E-state index in [4.69, 9.17) is 4.52 Å². The van der Waals surface area contributed by atoms with Crippen LogP contribution in [0.4, 0.5) is 14.6 Å². The van der Waals surface area contributed by atoms with Crippen molar-refractivity contribution in [2.24, 2.45) is 0 Å². The first kappa shape index (κ1) is 15.2. The van der Waals surface area contributed by atoms with Crippen LogP contribution in [0.25, 0.3) is 22.4 Å². The summed E-state index contributed by atoms with van der Waals surface area (Å²) in [4.78, 5) is 8.24. The van der Waals surface area contributed by atoms with E-state index in [1.54, 1.807) is 0 Å². The molecular weight excluding hydrogens is 326 g/mol. The van der Waals surface area contributed by atoms with Gasteiger partial charge in [-0.25, -0.2) is 13.8 Å². The zero-order valence-electron chi connectivity index (χ0n) is 12.9. The molecule has 0 aliphatic heterocycles. The number of fused-ring (bicyclic) bond motifs is 1. The molecule has 0 amide bonds. The monoisotopic (exact) mass is 338 g/mol. The van der Waals surface area contributed by atoms with Gasteiger partial charge in [-0.3, -0.25) is 0 Å². The number of benzene rings is 2. The molecule has 0 aliphatic carbocycles. The Balaban J connectivity index is 1.76. The first-order chi connectivity index (χ1) is 12.2. The Morgan fingerprint density at radius 1 is 0.960 bits per heavy atom. The molecule has 124 valence electrons. The fourth-order valence-corrected chi connectivity index (χ4v) is 2.59. The topological polar surface area (TPSA) is 63.8 Å². The van der Waals surface area contributed by atoms with Gasteiger partial charge in [0.15, 0.2) is 0 Å². The second-order valence-corrected chi connectivity index (χ2v) is 5.43. The second kappa shape index (κ2) is 6.27. The maximum absolute atomic E-state index is 13.5. The fraction of sp³-hybridized carbons (Fsp3) is 0.0556. The number of nitrogens with one attached hydrogen (secondary N) is 1. The Bertz CT molecular complexity index is 1010. The smallest absolute Gasteiger partial charge is 0.263 e. The summed E-state index contributed by atoms with van der Waals surface area (Å²) in [6.45, 7) is 0.523. The molecule has 2 aromatic carbocycles. The molecule has 4 rings (SSSR count). The molecule has 0 spiro atoms. The summed E-state index contributed by atoms with van der Waals surface area (Å²) in [5.41, 5.74) is 1.84. The molecule has 2 heterocycles. The molecule has 0 unspecified atom stereocenters. The van der Waals surface area contributed by atoms with Crippen molar-refractivity contribution < 1.29 is 13.3 Å². The lowest BCUT2D eigenvalue weighted by molar-refractivity contribution is 0.451. The third-order valence-corrected chi connectivity index (χ3v) is 3.71. The van der Waals surface area contributed by atoms with Crippen molar-refractivity contribution in [3.05, 3.63) is 72.1 Å². The van der Waals surface area contributed by atoms with Crippen LogP contribution in [-0.4, -0.2) is 15.1 Å². The molecule has 0 atom stereocenters. The normalized spacial score (nSPS) is 11.0. The third-order valence-electron chi connectivity index (χ3n) is 3.71. The van der Waals surface area contributed by atoms with Gasteiger partial charge in [0, 0.05) is 18.2 Å². The first-order valence-corrected chi connectivity index (χ1v) is 7.55. The minimum atomic E-state index is -0.693. The van der Waals surface area contributed by atoms with E-state index in [-0.39, 0.29) is 17.0 Å². The number of halogens is 2. The van der Waals surface area contributed by atoms with Crippen LogP contribution >= 0.6 is 0 Å². The average molecular weight is 338 g/mol. The van der Waals surface area contributed by atoms with E-state index in [0.717, 1.165) is 11.6 Å². The largest absolute Gasteiger partial charge is 0.365 e. The highest BCUT2D eigenvalue weighted by Gasteiger charge is 2.18. The van der Waals surface area contributed by atoms with E-state index in [1.165, 1.54) is 18.5 Å². The third kappa shape index (κ3) is 3.03. The molecule has 2 aromatic heterocycles. The van der Waals surface area contributed by atoms with Crippen LogP contribution in [0, 0.1) is 11.6 Å². The summed E-state index contributed by atoms with van der Waals surface area (Å²) in [7, 11) is 0. The molecule has 0 saturated carbocycles. The zero-order valence-corrected chi connectivity index (χ0v) is 12.9. The molecule has 0 radical (unpaired) electrons. The van der Waals surface area contributed by atoms with E-state index < -0.39 is 11.6 Å². The van der Waals surface area contributed by atoms with Gasteiger partial charge >= 0.3 is 0 Å². The summed E-state index contributed by atoms with van der Waals surface area (Å²) in [6.07, 6.45) is 1.34. The molecule has 5 nitrogen and oxygen atoms in total. The lowest BCUT2D eigenvalue weighted by Gasteiger charge is -2.07. The van der Waals surface area contributed by atoms with Crippen LogP contribution in [0.5, 0.6) is 0 Å². The molecular formula is C18H12F2N4O. The summed E-state index contributed by atoms with van der Waals surface area (Å²) in [5.74, 6) is -0.904. The Morgan fingerprint density at radius 2 is 1.72 bits per heavy atom. The van der Waals surface area contributed by atoms with Gasteiger partial charge in [-0.1, -0.05) is 35.5 Å². The molecule has 0 saturated heterocycles. The van der Waals surface area contributed by atoms with Crippen LogP contribution in [0.3, 0.4) is 0 Å². The van der Waals surface area contributed by atoms with Gasteiger partial charge in [-0.05, 0) is 17.7 Å². The van der Waals surface area contributed by atoms with Crippen LogP contribution in [0.2, 0.25) is 0 Å². The van der Waals surface area contributed by atoms with E-state index in [2.05, 4.69) is 20.4 Å². The highest BCUT2D eigenvalue weighted by Crippen LogP contribution is 2.32. The van der Waals surface area contributed by atoms with E-state index in [1.807, 2.05) is 30.3 Å². The van der Waals surface area contributed by atoms with E-state index in [9.17, 15) is 8.78 Å². The number of anilines is 1. The van der Waals surface area contributed by atoms with Crippen LogP contribution in [-0.2, 0) is 6.54 Å². The maximum Gasteiger partial charge on any atom is 0.263 e. The van der Waals surface area contributed by atoms with E-state index in [0.29, 0.717) is 17.7 Å². The van der Waals surface area contributed by atoms with Gasteiger partial charge in [0.25, 0.3) is 5.71 Å². The number of hydrogen-bond donors (Lipinski definition) is 1. The Hall–Kier alpha value is -3.35. The van der Waals surface area contributed by atoms with Crippen molar-refractivity contribution in [2.45, 2.75) is 6.54 Å². The number of hydrogen-bond acceptors (Lipinski definition) is 5. The lowest BCUT2D eigenvalue weighted by Crippen LogP contribution is -2.02. The van der Waals surface area contributed by atoms with E-state index >= 15 is 0 Å². The van der Waals surface area contributed by atoms with Crippen molar-refractivity contribution in [1.29, 1.82) is 0 Å². The van der Waals surface area contributed by atoms with Crippen molar-refractivity contribution in [1.82, 2.24) is 15.1 Å². The zero-order chi connectivity index (χ0) is 17.2. The molecule has 4 aromatic rings. The lowest BCUT2D eigenvalue weighted by atomic mass is 10.1. The van der Waals surface area contributed by atoms with Crippen molar-refractivity contribution in [2.75, 3.05) is 5.32 Å². The molecule has 0 bridgehead atoms. The molecule has 0 aliphatic rings. The maximum atomic E-state index is 13.5. The standard InChI is InChI=1S/C18H12F2N4O/c19-13-6-12(7-14(20)8-13)16-15-17(22-10-23-18(15)25-24-16)21-9-11-4-2-1-3-5-11/h1-8,10H,9H2,(H,21,22,23). The summed E-state index contributed by atoms with van der Waals surface area (Å²) < 4.78 is 32.3. The quantitative estimate of drug-likeness (QED) is 0.605. The highest BCUT2D eigenvalue weighted by molar-refractivity contribution is 5.97. The predicted molar refractivity (Wildman–Crippen MR) is 88.7 cm³/mol. The van der Waals surface area contributed by atoms with Crippen molar-refractivity contribution in [3.8, 4) is 11.3 Å². The number of nitrogens with zero attached hydrogens (tertiary/aromatic N) is 3. The van der Waals surface area contributed by atoms with Crippen molar-refractivity contribution in [3.63, 3.8) is 0 Å². The van der Waals surface area contributed by atoms with Gasteiger partial charge in [0.1, 0.15) is 34.9 Å². The van der Waals surface area contributed by atoms with Crippen LogP contribution < -0.4 is 5.32 Å². The molecule has 0 fully saturated rings. The fourth-order valence-electron chi connectivity index (χ4n) is 2.59. The molecule has 25 heavy (non-hydrogen) atoms. The van der Waals surface area contributed by atoms with Gasteiger partial charge in [0.2, 0.25) is 0 Å². The highest BCUT2D eigenvalue weighted by atomic mass is 19.1. The Morgan fingerprint density at radius 3 is 2.48 bits per heavy atom. The minimum absolute atomic E-state index is 0.241. The van der Waals surface area contributed by atoms with Crippen LogP contribution in [0.15, 0.2) is 59.4 Å². The molecule has 1 N–H and O–H groups in total. The second-order valence-electron chi connectivity index (χ2n) is 5.43. The van der Waals surface area contributed by atoms with Gasteiger partial charge in [-0.2, -0.15) is 4.98 Å². The van der Waals surface area contributed by atoms with Gasteiger partial charge in [0.05, 0.1) is 0 Å². The Kier molecular flexibility index (Phi) is 3.81. The van der Waals surface area contributed by atoms with Gasteiger partial charge < -0.3 is 9.84 Å². The number of rotatable bonds is 4. The summed E-state index contributed by atoms with van der Waals surface area (Å²) >= 11 is 0. The van der Waals surface area contributed by atoms with Gasteiger partial charge in [-0.15, -0.1) is 0 Å². The summed E-state index contributed by atoms with van der Waals surface area (Å²) in [6, 6.07) is 12.9. The van der Waals surface area contributed by atoms with Crippen molar-refractivity contribution >= 4 is 16.9 Å². The Labute approximate surface area is 141 Å². The van der Waals surface area contributed by atoms with Crippen LogP contribution in [0.1, 0.15) is 5.56 Å². The minimum Gasteiger partial charge on any atom is -0.365 e. The number of aromatic nitrogens is 3. The molecule has 7 heteroatoms. The first-order valence-electron chi connectivity index (χ1n) is 7.55. The SMILES string of the molecule is Fc1cc(F)cc(-c2noc3ncnc(NCc4ccccc4)c23)c1. The average Bonchev–Trinajstić information content (AvgIpc) is 3.05. The summed E-state index contributed by atoms with van der Waals surface area (Å²) in [5, 5.41) is 7.58. The predicted octanol–water partition coefficient (Wildman–Crippen LogP) is 4.18.